The van der Waals surface area contributed by atoms with E-state index in [2.05, 4.69) is 5.32 Å². The average Bonchev–Trinajstić information content (AvgIpc) is 2.40. The van der Waals surface area contributed by atoms with E-state index in [0.717, 1.165) is 6.29 Å². The SMILES string of the molecule is O=CCCNC1=C(Cl)C(=O)c2ccccc2C1=O. The molecule has 92 valence electrons. The second-order valence-electron chi connectivity index (χ2n) is 3.77. The minimum atomic E-state index is -0.375. The van der Waals surface area contributed by atoms with Crippen molar-refractivity contribution in [1.82, 2.24) is 5.32 Å². The molecule has 1 aliphatic carbocycles. The highest BCUT2D eigenvalue weighted by atomic mass is 35.5. The smallest absolute Gasteiger partial charge is 0.211 e. The number of benzene rings is 1. The van der Waals surface area contributed by atoms with Gasteiger partial charge in [0.1, 0.15) is 17.0 Å². The van der Waals surface area contributed by atoms with Crippen molar-refractivity contribution < 1.29 is 14.4 Å². The number of hydrogen-bond acceptors (Lipinski definition) is 4. The summed E-state index contributed by atoms with van der Waals surface area (Å²) in [6, 6.07) is 6.52. The maximum Gasteiger partial charge on any atom is 0.211 e. The van der Waals surface area contributed by atoms with Crippen LogP contribution in [0.15, 0.2) is 35.0 Å². The van der Waals surface area contributed by atoms with E-state index in [4.69, 9.17) is 11.6 Å². The van der Waals surface area contributed by atoms with E-state index in [0.29, 0.717) is 11.1 Å². The number of Topliss-reactive ketones (excluding diaryl/α,β-unsaturated/α-hetero) is 2. The lowest BCUT2D eigenvalue weighted by Gasteiger charge is -2.18. The first-order valence-electron chi connectivity index (χ1n) is 5.42. The van der Waals surface area contributed by atoms with Gasteiger partial charge < -0.3 is 10.1 Å². The zero-order valence-electron chi connectivity index (χ0n) is 9.40. The molecule has 0 aromatic heterocycles. The summed E-state index contributed by atoms with van der Waals surface area (Å²) in [6.07, 6.45) is 0.974. The highest BCUT2D eigenvalue weighted by Gasteiger charge is 2.30. The molecular formula is C13H10ClNO3. The Balaban J connectivity index is 2.37. The van der Waals surface area contributed by atoms with Gasteiger partial charge in [-0.1, -0.05) is 35.9 Å². The molecule has 0 radical (unpaired) electrons. The summed E-state index contributed by atoms with van der Waals surface area (Å²) in [5.74, 6) is -0.693. The molecule has 0 spiro atoms. The predicted octanol–water partition coefficient (Wildman–Crippen LogP) is 1.69. The first-order chi connectivity index (χ1) is 8.66. The maximum atomic E-state index is 12.1. The molecule has 2 rings (SSSR count). The topological polar surface area (TPSA) is 63.2 Å². The Bertz CT molecular complexity index is 563. The summed E-state index contributed by atoms with van der Waals surface area (Å²) >= 11 is 5.89. The lowest BCUT2D eigenvalue weighted by Crippen LogP contribution is -2.29. The van der Waals surface area contributed by atoms with Crippen LogP contribution in [-0.2, 0) is 4.79 Å². The Hall–Kier alpha value is -1.94. The number of nitrogens with one attached hydrogen (secondary N) is 1. The van der Waals surface area contributed by atoms with Gasteiger partial charge in [0.2, 0.25) is 11.6 Å². The van der Waals surface area contributed by atoms with Gasteiger partial charge in [-0.2, -0.15) is 0 Å². The number of carbonyl (C=O) groups excluding carboxylic acids is 3. The summed E-state index contributed by atoms with van der Waals surface area (Å²) in [7, 11) is 0. The van der Waals surface area contributed by atoms with E-state index in [1.54, 1.807) is 24.3 Å². The van der Waals surface area contributed by atoms with Crippen molar-refractivity contribution in [2.45, 2.75) is 6.42 Å². The summed E-state index contributed by atoms with van der Waals surface area (Å²) in [5, 5.41) is 2.62. The maximum absolute atomic E-state index is 12.1. The minimum absolute atomic E-state index is 0.0715. The van der Waals surface area contributed by atoms with Crippen LogP contribution in [0.5, 0.6) is 0 Å². The lowest BCUT2D eigenvalue weighted by atomic mass is 9.92. The third-order valence-corrected chi connectivity index (χ3v) is 2.99. The van der Waals surface area contributed by atoms with Crippen molar-refractivity contribution in [2.75, 3.05) is 6.54 Å². The normalized spacial score (nSPS) is 14.5. The van der Waals surface area contributed by atoms with Crippen molar-refractivity contribution in [3.05, 3.63) is 46.1 Å². The Labute approximate surface area is 109 Å². The highest BCUT2D eigenvalue weighted by Crippen LogP contribution is 2.26. The van der Waals surface area contributed by atoms with E-state index < -0.39 is 0 Å². The molecule has 0 bridgehead atoms. The van der Waals surface area contributed by atoms with Crippen LogP contribution in [0, 0.1) is 0 Å². The van der Waals surface area contributed by atoms with Crippen molar-refractivity contribution in [2.24, 2.45) is 0 Å². The number of hydrogen-bond donors (Lipinski definition) is 1. The third-order valence-electron chi connectivity index (χ3n) is 2.63. The Morgan fingerprint density at radius 3 is 2.33 bits per heavy atom. The number of aldehydes is 1. The molecule has 1 aromatic carbocycles. The van der Waals surface area contributed by atoms with Crippen LogP contribution in [0.4, 0.5) is 0 Å². The van der Waals surface area contributed by atoms with Gasteiger partial charge in [0, 0.05) is 24.1 Å². The van der Waals surface area contributed by atoms with Gasteiger partial charge >= 0.3 is 0 Å². The second-order valence-corrected chi connectivity index (χ2v) is 4.15. The molecule has 0 saturated carbocycles. The van der Waals surface area contributed by atoms with Crippen LogP contribution in [0.25, 0.3) is 0 Å². The molecule has 18 heavy (non-hydrogen) atoms. The standard InChI is InChI=1S/C13H10ClNO3/c14-10-11(15-6-3-7-16)13(18)9-5-2-1-4-8(9)12(10)17/h1-2,4-5,7,15H,3,6H2. The van der Waals surface area contributed by atoms with Crippen molar-refractivity contribution in [3.63, 3.8) is 0 Å². The quantitative estimate of drug-likeness (QED) is 0.663. The van der Waals surface area contributed by atoms with E-state index in [1.807, 2.05) is 0 Å². The summed E-state index contributed by atoms with van der Waals surface area (Å²) in [6.45, 7) is 0.274. The molecule has 1 N–H and O–H groups in total. The third kappa shape index (κ3) is 2.07. The zero-order valence-corrected chi connectivity index (χ0v) is 10.2. The van der Waals surface area contributed by atoms with Gasteiger partial charge in [0.15, 0.2) is 0 Å². The van der Waals surface area contributed by atoms with Crippen LogP contribution < -0.4 is 5.32 Å². The zero-order chi connectivity index (χ0) is 13.1. The van der Waals surface area contributed by atoms with Crippen molar-refractivity contribution >= 4 is 29.5 Å². The molecule has 0 aliphatic heterocycles. The molecule has 0 amide bonds. The molecule has 0 atom stereocenters. The summed E-state index contributed by atoms with van der Waals surface area (Å²) in [5.41, 5.74) is 0.719. The van der Waals surface area contributed by atoms with E-state index in [1.165, 1.54) is 0 Å². The van der Waals surface area contributed by atoms with Gasteiger partial charge in [-0.3, -0.25) is 9.59 Å². The highest BCUT2D eigenvalue weighted by molar-refractivity contribution is 6.49. The summed E-state index contributed by atoms with van der Waals surface area (Å²) < 4.78 is 0. The largest absolute Gasteiger partial charge is 0.380 e. The average molecular weight is 264 g/mol. The van der Waals surface area contributed by atoms with Crippen molar-refractivity contribution in [3.8, 4) is 0 Å². The molecule has 4 nitrogen and oxygen atoms in total. The number of halogens is 1. The van der Waals surface area contributed by atoms with E-state index >= 15 is 0 Å². The van der Waals surface area contributed by atoms with Crippen LogP contribution in [-0.4, -0.2) is 24.4 Å². The first-order valence-corrected chi connectivity index (χ1v) is 5.80. The van der Waals surface area contributed by atoms with Gasteiger partial charge in [0.25, 0.3) is 0 Å². The van der Waals surface area contributed by atoms with Gasteiger partial charge in [0.05, 0.1) is 0 Å². The fourth-order valence-electron chi connectivity index (χ4n) is 1.76. The fourth-order valence-corrected chi connectivity index (χ4v) is 2.01. The Morgan fingerprint density at radius 1 is 1.11 bits per heavy atom. The second kappa shape index (κ2) is 5.14. The number of carbonyl (C=O) groups is 3. The molecule has 0 saturated heterocycles. The fraction of sp³-hybridized carbons (Fsp3) is 0.154. The number of allylic oxidation sites excluding steroid dienone is 2. The lowest BCUT2D eigenvalue weighted by molar-refractivity contribution is -0.107. The molecule has 5 heteroatoms. The molecule has 1 aliphatic rings. The minimum Gasteiger partial charge on any atom is -0.380 e. The molecular weight excluding hydrogens is 254 g/mol. The van der Waals surface area contributed by atoms with Gasteiger partial charge in [-0.15, -0.1) is 0 Å². The van der Waals surface area contributed by atoms with Crippen LogP contribution in [0.3, 0.4) is 0 Å². The predicted molar refractivity (Wildman–Crippen MR) is 66.7 cm³/mol. The molecule has 0 fully saturated rings. The van der Waals surface area contributed by atoms with Crippen LogP contribution in [0.1, 0.15) is 27.1 Å². The van der Waals surface area contributed by atoms with Crippen LogP contribution >= 0.6 is 11.6 Å². The Kier molecular flexibility index (Phi) is 3.58. The number of rotatable bonds is 4. The van der Waals surface area contributed by atoms with Crippen LogP contribution in [0.2, 0.25) is 0 Å². The first kappa shape index (κ1) is 12.5. The monoisotopic (exact) mass is 263 g/mol. The molecule has 0 heterocycles. The Morgan fingerprint density at radius 2 is 1.72 bits per heavy atom. The molecule has 0 unspecified atom stereocenters. The van der Waals surface area contributed by atoms with E-state index in [9.17, 15) is 14.4 Å². The molecule has 1 aromatic rings. The van der Waals surface area contributed by atoms with Crippen molar-refractivity contribution in [1.29, 1.82) is 0 Å². The van der Waals surface area contributed by atoms with Gasteiger partial charge in [-0.25, -0.2) is 0 Å². The number of fused-ring (bicyclic) bond motifs is 1. The number of ketones is 2. The van der Waals surface area contributed by atoms with Gasteiger partial charge in [-0.05, 0) is 0 Å². The van der Waals surface area contributed by atoms with E-state index in [-0.39, 0.29) is 35.3 Å². The summed E-state index contributed by atoms with van der Waals surface area (Å²) in [4.78, 5) is 34.3.